The van der Waals surface area contributed by atoms with Crippen LogP contribution in [-0.2, 0) is 9.53 Å². The molecule has 1 aromatic heterocycles. The summed E-state index contributed by atoms with van der Waals surface area (Å²) in [6, 6.07) is 1.14. The third-order valence-corrected chi connectivity index (χ3v) is 2.02. The van der Waals surface area contributed by atoms with Gasteiger partial charge < -0.3 is 9.47 Å². The van der Waals surface area contributed by atoms with E-state index in [-0.39, 0.29) is 29.1 Å². The molecule has 16 heavy (non-hydrogen) atoms. The number of carbonyl (C=O) groups excluding carboxylic acids is 1. The molecule has 0 amide bonds. The molecule has 0 aliphatic rings. The van der Waals surface area contributed by atoms with Crippen molar-refractivity contribution in [2.45, 2.75) is 6.92 Å². The summed E-state index contributed by atoms with van der Waals surface area (Å²) in [6.45, 7) is 1.51. The third-order valence-electron chi connectivity index (χ3n) is 1.49. The molecule has 0 saturated heterocycles. The van der Waals surface area contributed by atoms with Crippen LogP contribution in [0.5, 0.6) is 5.88 Å². The summed E-state index contributed by atoms with van der Waals surface area (Å²) < 4.78 is 22.4. The van der Waals surface area contributed by atoms with Crippen LogP contribution in [-0.4, -0.2) is 24.2 Å². The number of ether oxygens (including phenoxy) is 2. The Bertz CT molecular complexity index is 401. The van der Waals surface area contributed by atoms with Gasteiger partial charge in [0.1, 0.15) is 5.02 Å². The summed E-state index contributed by atoms with van der Waals surface area (Å²) in [4.78, 5) is 14.3. The highest BCUT2D eigenvalue weighted by Gasteiger charge is 2.12. The molecule has 0 N–H and O–H groups in total. The van der Waals surface area contributed by atoms with Crippen LogP contribution in [0, 0.1) is 5.95 Å². The molecule has 0 radical (unpaired) electrons. The first-order valence-corrected chi connectivity index (χ1v) is 5.10. The minimum absolute atomic E-state index is 0.0238. The second-order valence-electron chi connectivity index (χ2n) is 2.64. The van der Waals surface area contributed by atoms with Crippen LogP contribution in [0.2, 0.25) is 10.0 Å². The minimum atomic E-state index is -0.912. The Morgan fingerprint density at radius 2 is 2.19 bits per heavy atom. The van der Waals surface area contributed by atoms with Crippen molar-refractivity contribution in [1.29, 1.82) is 0 Å². The molecule has 0 atom stereocenters. The normalized spacial score (nSPS) is 10.0. The summed E-state index contributed by atoms with van der Waals surface area (Å²) in [5.41, 5.74) is 0. The quantitative estimate of drug-likeness (QED) is 0.621. The van der Waals surface area contributed by atoms with E-state index in [1.165, 1.54) is 0 Å². The van der Waals surface area contributed by atoms with Gasteiger partial charge in [-0.2, -0.15) is 9.37 Å². The number of rotatable bonds is 4. The molecule has 4 nitrogen and oxygen atoms in total. The molecule has 1 aromatic rings. The first-order valence-electron chi connectivity index (χ1n) is 4.34. The summed E-state index contributed by atoms with van der Waals surface area (Å²) in [6.07, 6.45) is 0. The fraction of sp³-hybridized carbons (Fsp3) is 0.333. The zero-order chi connectivity index (χ0) is 12.1. The van der Waals surface area contributed by atoms with Crippen molar-refractivity contribution >= 4 is 29.2 Å². The number of aromatic nitrogens is 1. The second kappa shape index (κ2) is 5.86. The maximum absolute atomic E-state index is 12.9. The molecule has 1 heterocycles. The largest absolute Gasteiger partial charge is 0.465 e. The molecule has 0 saturated carbocycles. The molecule has 0 aliphatic heterocycles. The predicted molar refractivity (Wildman–Crippen MR) is 56.3 cm³/mol. The van der Waals surface area contributed by atoms with Gasteiger partial charge in [-0.1, -0.05) is 23.2 Å². The van der Waals surface area contributed by atoms with Gasteiger partial charge in [0.05, 0.1) is 11.6 Å². The highest BCUT2D eigenvalue weighted by atomic mass is 35.5. The Morgan fingerprint density at radius 1 is 1.50 bits per heavy atom. The van der Waals surface area contributed by atoms with Gasteiger partial charge in [-0.05, 0) is 13.0 Å². The van der Waals surface area contributed by atoms with Crippen LogP contribution in [0.3, 0.4) is 0 Å². The Hall–Kier alpha value is -1.07. The standard InChI is InChI=1S/C9H8Cl2FNO3/c1-2-15-7(14)4-16-9-6(11)3-5(10)8(12)13-9/h3H,2,4H2,1H3. The summed E-state index contributed by atoms with van der Waals surface area (Å²) >= 11 is 11.1. The Labute approximate surface area is 101 Å². The van der Waals surface area contributed by atoms with Crippen molar-refractivity contribution in [3.8, 4) is 5.88 Å². The summed E-state index contributed by atoms with van der Waals surface area (Å²) in [5, 5.41) is -0.191. The molecular formula is C9H8Cl2FNO3. The van der Waals surface area contributed by atoms with Crippen LogP contribution in [0.25, 0.3) is 0 Å². The lowest BCUT2D eigenvalue weighted by atomic mass is 10.5. The average Bonchev–Trinajstić information content (AvgIpc) is 2.22. The molecular weight excluding hydrogens is 260 g/mol. The molecule has 88 valence electrons. The molecule has 0 aromatic carbocycles. The fourth-order valence-electron chi connectivity index (χ4n) is 0.860. The van der Waals surface area contributed by atoms with Gasteiger partial charge in [-0.25, -0.2) is 4.79 Å². The van der Waals surface area contributed by atoms with E-state index in [0.29, 0.717) is 0 Å². The zero-order valence-electron chi connectivity index (χ0n) is 8.30. The van der Waals surface area contributed by atoms with Crippen molar-refractivity contribution in [2.75, 3.05) is 13.2 Å². The summed E-state index contributed by atoms with van der Waals surface area (Å²) in [7, 11) is 0. The van der Waals surface area contributed by atoms with Gasteiger partial charge in [0, 0.05) is 0 Å². The Kier molecular flexibility index (Phi) is 4.76. The van der Waals surface area contributed by atoms with Crippen molar-refractivity contribution < 1.29 is 18.7 Å². The number of esters is 1. The smallest absolute Gasteiger partial charge is 0.344 e. The lowest BCUT2D eigenvalue weighted by Gasteiger charge is -2.06. The van der Waals surface area contributed by atoms with E-state index in [1.54, 1.807) is 6.92 Å². The third kappa shape index (κ3) is 3.50. The van der Waals surface area contributed by atoms with Gasteiger partial charge in [0.25, 0.3) is 0 Å². The molecule has 0 spiro atoms. The molecule has 0 fully saturated rings. The maximum Gasteiger partial charge on any atom is 0.344 e. The van der Waals surface area contributed by atoms with Crippen molar-refractivity contribution in [3.63, 3.8) is 0 Å². The van der Waals surface area contributed by atoms with E-state index < -0.39 is 11.9 Å². The van der Waals surface area contributed by atoms with Crippen LogP contribution >= 0.6 is 23.2 Å². The van der Waals surface area contributed by atoms with E-state index in [4.69, 9.17) is 27.9 Å². The molecule has 0 unspecified atom stereocenters. The highest BCUT2D eigenvalue weighted by Crippen LogP contribution is 2.26. The SMILES string of the molecule is CCOC(=O)COc1nc(F)c(Cl)cc1Cl. The van der Waals surface area contributed by atoms with E-state index >= 15 is 0 Å². The highest BCUT2D eigenvalue weighted by molar-refractivity contribution is 6.35. The van der Waals surface area contributed by atoms with E-state index in [2.05, 4.69) is 9.72 Å². The fourth-order valence-corrected chi connectivity index (χ4v) is 1.27. The average molecular weight is 268 g/mol. The lowest BCUT2D eigenvalue weighted by Crippen LogP contribution is -2.15. The van der Waals surface area contributed by atoms with E-state index in [1.807, 2.05) is 0 Å². The number of hydrogen-bond donors (Lipinski definition) is 0. The van der Waals surface area contributed by atoms with Crippen LogP contribution in [0.1, 0.15) is 6.92 Å². The van der Waals surface area contributed by atoms with Crippen molar-refractivity contribution in [3.05, 3.63) is 22.1 Å². The number of carbonyl (C=O) groups is 1. The van der Waals surface area contributed by atoms with Crippen LogP contribution < -0.4 is 4.74 Å². The number of pyridine rings is 1. The van der Waals surface area contributed by atoms with Gasteiger partial charge >= 0.3 is 5.97 Å². The van der Waals surface area contributed by atoms with Gasteiger partial charge in [0.2, 0.25) is 11.8 Å². The first kappa shape index (κ1) is 13.0. The Morgan fingerprint density at radius 3 is 2.81 bits per heavy atom. The predicted octanol–water partition coefficient (Wildman–Crippen LogP) is 2.47. The topological polar surface area (TPSA) is 48.4 Å². The molecule has 1 rings (SSSR count). The van der Waals surface area contributed by atoms with Crippen molar-refractivity contribution in [1.82, 2.24) is 4.98 Å². The minimum Gasteiger partial charge on any atom is -0.465 e. The zero-order valence-corrected chi connectivity index (χ0v) is 9.81. The molecule has 0 bridgehead atoms. The number of hydrogen-bond acceptors (Lipinski definition) is 4. The van der Waals surface area contributed by atoms with Crippen LogP contribution in [0.15, 0.2) is 6.07 Å². The lowest BCUT2D eigenvalue weighted by molar-refractivity contribution is -0.145. The Balaban J connectivity index is 2.67. The van der Waals surface area contributed by atoms with Gasteiger partial charge in [-0.3, -0.25) is 0 Å². The molecule has 0 aliphatic carbocycles. The van der Waals surface area contributed by atoms with Crippen molar-refractivity contribution in [2.24, 2.45) is 0 Å². The molecule has 7 heteroatoms. The summed E-state index contributed by atoms with van der Waals surface area (Å²) in [5.74, 6) is -1.70. The van der Waals surface area contributed by atoms with Crippen LogP contribution in [0.4, 0.5) is 4.39 Å². The van der Waals surface area contributed by atoms with E-state index in [9.17, 15) is 9.18 Å². The van der Waals surface area contributed by atoms with E-state index in [0.717, 1.165) is 6.07 Å². The van der Waals surface area contributed by atoms with Gasteiger partial charge in [-0.15, -0.1) is 0 Å². The monoisotopic (exact) mass is 267 g/mol. The second-order valence-corrected chi connectivity index (χ2v) is 3.46. The number of nitrogens with zero attached hydrogens (tertiary/aromatic N) is 1. The first-order chi connectivity index (χ1) is 7.54. The van der Waals surface area contributed by atoms with Gasteiger partial charge in [0.15, 0.2) is 6.61 Å². The number of halogens is 3. The maximum atomic E-state index is 12.9.